The van der Waals surface area contributed by atoms with Gasteiger partial charge in [-0.1, -0.05) is 119 Å². The van der Waals surface area contributed by atoms with E-state index in [4.69, 9.17) is 31.4 Å². The van der Waals surface area contributed by atoms with E-state index >= 15 is 0 Å². The topological polar surface area (TPSA) is 0 Å². The van der Waals surface area contributed by atoms with Crippen LogP contribution in [0.4, 0.5) is 0 Å². The Morgan fingerprint density at radius 2 is 0.483 bits per heavy atom. The van der Waals surface area contributed by atoms with Crippen molar-refractivity contribution in [3.63, 3.8) is 0 Å². The van der Waals surface area contributed by atoms with E-state index < -0.39 is 5.41 Å². The SMILES string of the molecule is [B]c1ccc(C(c2ccc([B])cc2)(c2ccc([B])cc2)c2ccc([B])cc2)cc1. The van der Waals surface area contributed by atoms with Crippen LogP contribution in [0.25, 0.3) is 0 Å². The van der Waals surface area contributed by atoms with E-state index in [9.17, 15) is 0 Å². The van der Waals surface area contributed by atoms with Gasteiger partial charge in [0.1, 0.15) is 31.4 Å². The molecule has 0 spiro atoms. The largest absolute Gasteiger partial charge is 0.113 e. The molecular formula is C25H16B4. The first-order valence-corrected chi connectivity index (χ1v) is 9.44. The van der Waals surface area contributed by atoms with E-state index in [1.54, 1.807) is 0 Å². The second-order valence-corrected chi connectivity index (χ2v) is 7.24. The van der Waals surface area contributed by atoms with Crippen molar-refractivity contribution < 1.29 is 0 Å². The minimum Gasteiger partial charge on any atom is -0.0967 e. The molecule has 4 heteroatoms. The Bertz CT molecular complexity index is 910. The summed E-state index contributed by atoms with van der Waals surface area (Å²) in [5.74, 6) is 0. The summed E-state index contributed by atoms with van der Waals surface area (Å²) in [6.45, 7) is 0. The van der Waals surface area contributed by atoms with Gasteiger partial charge >= 0.3 is 0 Å². The first kappa shape index (κ1) is 19.5. The van der Waals surface area contributed by atoms with Gasteiger partial charge in [-0.25, -0.2) is 0 Å². The lowest BCUT2D eigenvalue weighted by Crippen LogP contribution is -2.32. The van der Waals surface area contributed by atoms with Gasteiger partial charge < -0.3 is 0 Å². The number of hydrogen-bond acceptors (Lipinski definition) is 0. The lowest BCUT2D eigenvalue weighted by molar-refractivity contribution is 0.746. The average Bonchev–Trinajstić information content (AvgIpc) is 2.73. The van der Waals surface area contributed by atoms with Crippen LogP contribution in [0.1, 0.15) is 22.3 Å². The van der Waals surface area contributed by atoms with Crippen molar-refractivity contribution in [3.8, 4) is 0 Å². The fourth-order valence-electron chi connectivity index (χ4n) is 3.93. The zero-order valence-corrected chi connectivity index (χ0v) is 16.0. The Hall–Kier alpha value is -2.86. The maximum absolute atomic E-state index is 6.00. The third kappa shape index (κ3) is 3.60. The summed E-state index contributed by atoms with van der Waals surface area (Å²) in [6.07, 6.45) is 0. The predicted molar refractivity (Wildman–Crippen MR) is 126 cm³/mol. The van der Waals surface area contributed by atoms with E-state index in [2.05, 4.69) is 48.5 Å². The van der Waals surface area contributed by atoms with Gasteiger partial charge in [0, 0.05) is 0 Å². The summed E-state index contributed by atoms with van der Waals surface area (Å²) in [5, 5.41) is 0. The number of rotatable bonds is 4. The van der Waals surface area contributed by atoms with Crippen molar-refractivity contribution in [2.75, 3.05) is 0 Å². The molecule has 0 amide bonds. The zero-order valence-electron chi connectivity index (χ0n) is 16.0. The van der Waals surface area contributed by atoms with E-state index in [0.29, 0.717) is 0 Å². The fraction of sp³-hybridized carbons (Fsp3) is 0.0400. The van der Waals surface area contributed by atoms with E-state index in [-0.39, 0.29) is 0 Å². The third-order valence-corrected chi connectivity index (χ3v) is 5.37. The van der Waals surface area contributed by atoms with Crippen LogP contribution >= 0.6 is 0 Å². The standard InChI is InChI=1S/C25H16B4/c26-21-9-1-17(2-10-21)25(18-3-11-22(27)12-4-18,19-5-13-23(28)14-6-19)20-7-15-24(29)16-8-20/h1-16H. The second kappa shape index (κ2) is 7.87. The molecule has 4 aromatic rings. The molecule has 29 heavy (non-hydrogen) atoms. The maximum Gasteiger partial charge on any atom is 0.113 e. The van der Waals surface area contributed by atoms with Crippen molar-refractivity contribution >= 4 is 53.2 Å². The minimum absolute atomic E-state index is 0.581. The first-order chi connectivity index (χ1) is 14.0. The van der Waals surface area contributed by atoms with Crippen LogP contribution in [0.15, 0.2) is 97.1 Å². The first-order valence-electron chi connectivity index (χ1n) is 9.44. The molecule has 0 saturated heterocycles. The normalized spacial score (nSPS) is 11.3. The van der Waals surface area contributed by atoms with Crippen molar-refractivity contribution in [3.05, 3.63) is 119 Å². The summed E-state index contributed by atoms with van der Waals surface area (Å²) >= 11 is 0. The number of hydrogen-bond donors (Lipinski definition) is 0. The van der Waals surface area contributed by atoms with E-state index in [1.807, 2.05) is 48.5 Å². The Kier molecular flexibility index (Phi) is 5.28. The molecule has 0 nitrogen and oxygen atoms in total. The van der Waals surface area contributed by atoms with Gasteiger partial charge in [-0.05, 0) is 22.3 Å². The van der Waals surface area contributed by atoms with Gasteiger partial charge in [0.05, 0.1) is 5.41 Å². The predicted octanol–water partition coefficient (Wildman–Crippen LogP) is 1.24. The Morgan fingerprint density at radius 3 is 0.655 bits per heavy atom. The number of benzene rings is 4. The summed E-state index contributed by atoms with van der Waals surface area (Å²) in [5.41, 5.74) is 6.64. The van der Waals surface area contributed by atoms with Gasteiger partial charge in [-0.3, -0.25) is 0 Å². The molecule has 4 aromatic carbocycles. The van der Waals surface area contributed by atoms with Gasteiger partial charge in [-0.2, -0.15) is 0 Å². The van der Waals surface area contributed by atoms with Crippen LogP contribution in [0.3, 0.4) is 0 Å². The lowest BCUT2D eigenvalue weighted by Gasteiger charge is -2.37. The summed E-state index contributed by atoms with van der Waals surface area (Å²) in [6, 6.07) is 32.0. The Labute approximate surface area is 178 Å². The summed E-state index contributed by atoms with van der Waals surface area (Å²) in [7, 11) is 24.0. The van der Waals surface area contributed by atoms with Crippen LogP contribution in [0.5, 0.6) is 0 Å². The highest BCUT2D eigenvalue weighted by Crippen LogP contribution is 2.44. The molecule has 0 aliphatic carbocycles. The molecule has 128 valence electrons. The lowest BCUT2D eigenvalue weighted by atomic mass is 9.64. The van der Waals surface area contributed by atoms with Gasteiger partial charge in [0.15, 0.2) is 0 Å². The second-order valence-electron chi connectivity index (χ2n) is 7.24. The van der Waals surface area contributed by atoms with Crippen molar-refractivity contribution in [2.45, 2.75) is 5.41 Å². The molecule has 0 aromatic heterocycles. The Balaban J connectivity index is 2.11. The molecule has 0 aliphatic heterocycles. The van der Waals surface area contributed by atoms with Crippen LogP contribution in [0.2, 0.25) is 0 Å². The molecule has 0 atom stereocenters. The Morgan fingerprint density at radius 1 is 0.310 bits per heavy atom. The smallest absolute Gasteiger partial charge is 0.0967 e. The highest BCUT2D eigenvalue weighted by molar-refractivity contribution is 6.33. The molecule has 0 aliphatic rings. The maximum atomic E-state index is 6.00. The van der Waals surface area contributed by atoms with Gasteiger partial charge in [-0.15, -0.1) is 0 Å². The summed E-state index contributed by atoms with van der Waals surface area (Å²) < 4.78 is 0. The van der Waals surface area contributed by atoms with Crippen molar-refractivity contribution in [1.82, 2.24) is 0 Å². The molecule has 8 radical (unpaired) electrons. The van der Waals surface area contributed by atoms with Crippen molar-refractivity contribution in [1.29, 1.82) is 0 Å². The van der Waals surface area contributed by atoms with Crippen LogP contribution in [0, 0.1) is 0 Å². The minimum atomic E-state index is -0.581. The molecule has 0 N–H and O–H groups in total. The molecule has 0 bridgehead atoms. The highest BCUT2D eigenvalue weighted by atomic mass is 14.4. The molecule has 0 heterocycles. The van der Waals surface area contributed by atoms with E-state index in [0.717, 1.165) is 44.1 Å². The van der Waals surface area contributed by atoms with Crippen LogP contribution in [-0.4, -0.2) is 31.4 Å². The summed E-state index contributed by atoms with van der Waals surface area (Å²) in [4.78, 5) is 0. The van der Waals surface area contributed by atoms with Gasteiger partial charge in [0.2, 0.25) is 0 Å². The third-order valence-electron chi connectivity index (χ3n) is 5.37. The zero-order chi connectivity index (χ0) is 20.4. The fourth-order valence-corrected chi connectivity index (χ4v) is 3.93. The average molecular weight is 360 g/mol. The van der Waals surface area contributed by atoms with Crippen molar-refractivity contribution in [2.24, 2.45) is 0 Å². The molecule has 0 unspecified atom stereocenters. The van der Waals surface area contributed by atoms with Gasteiger partial charge in [0.25, 0.3) is 0 Å². The molecule has 4 rings (SSSR count). The highest BCUT2D eigenvalue weighted by Gasteiger charge is 2.38. The quantitative estimate of drug-likeness (QED) is 0.380. The van der Waals surface area contributed by atoms with Crippen LogP contribution < -0.4 is 21.9 Å². The monoisotopic (exact) mass is 360 g/mol. The van der Waals surface area contributed by atoms with E-state index in [1.165, 1.54) is 0 Å². The molecular weight excluding hydrogens is 344 g/mol. The van der Waals surface area contributed by atoms with Crippen LogP contribution in [-0.2, 0) is 5.41 Å². The molecule has 0 saturated carbocycles. The molecule has 0 fully saturated rings.